The lowest BCUT2D eigenvalue weighted by atomic mass is 10.3. The first-order valence-corrected chi connectivity index (χ1v) is 5.50. The molecule has 2 rings (SSSR count). The lowest BCUT2D eigenvalue weighted by Gasteiger charge is -2.11. The minimum atomic E-state index is -0.841. The van der Waals surface area contributed by atoms with Crippen LogP contribution in [0.1, 0.15) is 6.92 Å². The molecule has 0 aliphatic carbocycles. The van der Waals surface area contributed by atoms with Crippen LogP contribution in [0.2, 0.25) is 0 Å². The van der Waals surface area contributed by atoms with Crippen molar-refractivity contribution >= 4 is 23.0 Å². The van der Waals surface area contributed by atoms with E-state index >= 15 is 0 Å². The van der Waals surface area contributed by atoms with E-state index in [1.54, 1.807) is 18.3 Å². The Labute approximate surface area is 107 Å². The zero-order chi connectivity index (χ0) is 13.8. The van der Waals surface area contributed by atoms with Gasteiger partial charge in [0.1, 0.15) is 6.04 Å². The summed E-state index contributed by atoms with van der Waals surface area (Å²) in [4.78, 5) is 32.7. The van der Waals surface area contributed by atoms with Crippen LogP contribution >= 0.6 is 0 Å². The van der Waals surface area contributed by atoms with Gasteiger partial charge < -0.3 is 15.9 Å². The van der Waals surface area contributed by atoms with Gasteiger partial charge in [-0.3, -0.25) is 4.79 Å². The van der Waals surface area contributed by atoms with Crippen LogP contribution < -0.4 is 15.9 Å². The summed E-state index contributed by atoms with van der Waals surface area (Å²) in [5, 5.41) is 9.74. The highest BCUT2D eigenvalue weighted by Gasteiger charge is 2.19. The van der Waals surface area contributed by atoms with Crippen molar-refractivity contribution in [3.63, 3.8) is 0 Å². The normalized spacial score (nSPS) is 12.1. The van der Waals surface area contributed by atoms with E-state index in [0.717, 1.165) is 4.85 Å². The summed E-state index contributed by atoms with van der Waals surface area (Å²) >= 11 is 0. The van der Waals surface area contributed by atoms with Gasteiger partial charge in [-0.15, -0.1) is 5.10 Å². The molecule has 0 saturated heterocycles. The Hall–Kier alpha value is -2.55. The van der Waals surface area contributed by atoms with Crippen LogP contribution in [0.4, 0.5) is 0 Å². The Kier molecular flexibility index (Phi) is 3.66. The van der Waals surface area contributed by atoms with E-state index in [1.165, 1.54) is 6.92 Å². The monoisotopic (exact) mass is 264 g/mol. The summed E-state index contributed by atoms with van der Waals surface area (Å²) in [5.41, 5.74) is 5.94. The van der Waals surface area contributed by atoms with Gasteiger partial charge in [0.25, 0.3) is 0 Å². The Morgan fingerprint density at radius 3 is 3.11 bits per heavy atom. The molecule has 2 aromatic heterocycles. The molecule has 2 aromatic rings. The van der Waals surface area contributed by atoms with Gasteiger partial charge >= 0.3 is 5.97 Å². The third-order valence-corrected chi connectivity index (χ3v) is 2.29. The molecule has 0 aliphatic rings. The molecule has 0 bridgehead atoms. The van der Waals surface area contributed by atoms with Gasteiger partial charge in [-0.2, -0.15) is 0 Å². The summed E-state index contributed by atoms with van der Waals surface area (Å²) in [6, 6.07) is 2.47. The van der Waals surface area contributed by atoms with Crippen LogP contribution in [-0.4, -0.2) is 44.6 Å². The van der Waals surface area contributed by atoms with Gasteiger partial charge in [-0.1, -0.05) is 4.85 Å². The van der Waals surface area contributed by atoms with Crippen LogP contribution in [0.3, 0.4) is 0 Å². The van der Waals surface area contributed by atoms with Gasteiger partial charge in [0.15, 0.2) is 5.52 Å². The molecule has 0 aromatic carbocycles. The second kappa shape index (κ2) is 5.40. The van der Waals surface area contributed by atoms with Gasteiger partial charge in [-0.05, 0) is 24.3 Å². The zero-order valence-electron chi connectivity index (χ0n) is 10.1. The molecule has 9 heteroatoms. The fraction of sp³-hybridized carbons (Fsp3) is 0.300. The molecular formula is C10H12N6O3. The number of rotatable bonds is 4. The second-order valence-electron chi connectivity index (χ2n) is 3.71. The highest BCUT2D eigenvalue weighted by Crippen LogP contribution is 2.04. The minimum Gasteiger partial charge on any atom is -0.342 e. The van der Waals surface area contributed by atoms with Gasteiger partial charge in [-0.25, -0.2) is 9.78 Å². The number of aromatic nitrogens is 4. The van der Waals surface area contributed by atoms with Crippen molar-refractivity contribution in [3.8, 4) is 0 Å². The van der Waals surface area contributed by atoms with Crippen LogP contribution in [0.5, 0.6) is 0 Å². The highest BCUT2D eigenvalue weighted by atomic mass is 16.7. The number of carbonyl (C=O) groups is 2. The van der Waals surface area contributed by atoms with E-state index in [1.807, 2.05) is 0 Å². The third-order valence-electron chi connectivity index (χ3n) is 2.29. The van der Waals surface area contributed by atoms with E-state index in [9.17, 15) is 9.59 Å². The minimum absolute atomic E-state index is 0.201. The fourth-order valence-corrected chi connectivity index (χ4v) is 1.34. The van der Waals surface area contributed by atoms with Crippen molar-refractivity contribution in [1.82, 2.24) is 25.5 Å². The number of hydrogen-bond acceptors (Lipinski definition) is 7. The number of hydrogen-bond donors (Lipinski definition) is 2. The number of nitrogens with two attached hydrogens (primary N) is 1. The van der Waals surface area contributed by atoms with E-state index in [2.05, 4.69) is 20.6 Å². The lowest BCUT2D eigenvalue weighted by molar-refractivity contribution is -0.148. The predicted molar refractivity (Wildman–Crippen MR) is 63.6 cm³/mol. The number of fused-ring (bicyclic) bond motifs is 1. The van der Waals surface area contributed by atoms with Gasteiger partial charge in [0, 0.05) is 6.20 Å². The van der Waals surface area contributed by atoms with E-state index in [-0.39, 0.29) is 6.54 Å². The number of nitrogens with one attached hydrogen (secondary N) is 1. The maximum Gasteiger partial charge on any atom is 0.356 e. The molecule has 0 radical (unpaired) electrons. The summed E-state index contributed by atoms with van der Waals surface area (Å²) in [5.74, 6) is -1.13. The van der Waals surface area contributed by atoms with Crippen LogP contribution in [-0.2, 0) is 9.59 Å². The number of nitrogens with zero attached hydrogens (tertiary/aromatic N) is 4. The lowest BCUT2D eigenvalue weighted by Crippen LogP contribution is -2.45. The first-order chi connectivity index (χ1) is 9.11. The largest absolute Gasteiger partial charge is 0.356 e. The van der Waals surface area contributed by atoms with Crippen molar-refractivity contribution in [2.45, 2.75) is 13.0 Å². The van der Waals surface area contributed by atoms with Gasteiger partial charge in [0.05, 0.1) is 6.54 Å². The molecule has 2 heterocycles. The molecule has 1 amide bonds. The smallest absolute Gasteiger partial charge is 0.342 e. The maximum absolute atomic E-state index is 11.7. The molecule has 0 aliphatic heterocycles. The standard InChI is InChI=1S/C10H12N6O3/c1-6(13-8(17)5-11)10(18)19-16-7-3-2-4-12-9(7)14-15-16/h2-4,6H,5,11H2,1H3,(H,13,17)/t6-/m0/s1. The Morgan fingerprint density at radius 1 is 1.58 bits per heavy atom. The fourth-order valence-electron chi connectivity index (χ4n) is 1.34. The molecule has 0 unspecified atom stereocenters. The van der Waals surface area contributed by atoms with Crippen molar-refractivity contribution in [2.75, 3.05) is 6.54 Å². The Balaban J connectivity index is 2.08. The van der Waals surface area contributed by atoms with E-state index < -0.39 is 17.9 Å². The van der Waals surface area contributed by atoms with E-state index in [4.69, 9.17) is 10.6 Å². The third kappa shape index (κ3) is 2.83. The van der Waals surface area contributed by atoms with Crippen LogP contribution in [0, 0.1) is 0 Å². The zero-order valence-corrected chi connectivity index (χ0v) is 10.1. The quantitative estimate of drug-likeness (QED) is 0.627. The first kappa shape index (κ1) is 12.9. The molecule has 19 heavy (non-hydrogen) atoms. The number of pyridine rings is 1. The maximum atomic E-state index is 11.7. The topological polar surface area (TPSA) is 125 Å². The summed E-state index contributed by atoms with van der Waals surface area (Å²) in [6.07, 6.45) is 1.55. The Bertz CT molecular complexity index is 610. The molecule has 0 saturated carbocycles. The molecule has 3 N–H and O–H groups in total. The molecule has 9 nitrogen and oxygen atoms in total. The van der Waals surface area contributed by atoms with Crippen molar-refractivity contribution < 1.29 is 14.4 Å². The van der Waals surface area contributed by atoms with E-state index in [0.29, 0.717) is 11.2 Å². The number of amides is 1. The van der Waals surface area contributed by atoms with Crippen molar-refractivity contribution in [1.29, 1.82) is 0 Å². The molecule has 100 valence electrons. The Morgan fingerprint density at radius 2 is 2.37 bits per heavy atom. The molecule has 1 atom stereocenters. The second-order valence-corrected chi connectivity index (χ2v) is 3.71. The van der Waals surface area contributed by atoms with Crippen LogP contribution in [0.25, 0.3) is 11.2 Å². The predicted octanol–water partition coefficient (Wildman–Crippen LogP) is -1.76. The summed E-state index contributed by atoms with van der Waals surface area (Å²) in [7, 11) is 0. The highest BCUT2D eigenvalue weighted by molar-refractivity contribution is 5.85. The van der Waals surface area contributed by atoms with Crippen LogP contribution in [0.15, 0.2) is 18.3 Å². The average Bonchev–Trinajstić information content (AvgIpc) is 2.82. The summed E-state index contributed by atoms with van der Waals surface area (Å²) in [6.45, 7) is 1.28. The number of carbonyl (C=O) groups excluding carboxylic acids is 2. The van der Waals surface area contributed by atoms with Crippen molar-refractivity contribution in [3.05, 3.63) is 18.3 Å². The van der Waals surface area contributed by atoms with Crippen molar-refractivity contribution in [2.24, 2.45) is 5.73 Å². The van der Waals surface area contributed by atoms with Gasteiger partial charge in [0.2, 0.25) is 11.6 Å². The average molecular weight is 264 g/mol. The molecular weight excluding hydrogens is 252 g/mol. The first-order valence-electron chi connectivity index (χ1n) is 5.50. The molecule has 0 spiro atoms. The molecule has 0 fully saturated rings. The summed E-state index contributed by atoms with van der Waals surface area (Å²) < 4.78 is 0. The SMILES string of the molecule is C[C@H](NC(=O)CN)C(=O)On1nnc2ncccc21.